The lowest BCUT2D eigenvalue weighted by Gasteiger charge is -2.30. The van der Waals surface area contributed by atoms with Crippen molar-refractivity contribution in [1.29, 1.82) is 0 Å². The molecule has 1 amide bonds. The van der Waals surface area contributed by atoms with Gasteiger partial charge in [0.15, 0.2) is 5.13 Å². The van der Waals surface area contributed by atoms with E-state index in [9.17, 15) is 13.2 Å². The largest absolute Gasteiger partial charge is 0.302 e. The van der Waals surface area contributed by atoms with Gasteiger partial charge in [0.25, 0.3) is 0 Å². The van der Waals surface area contributed by atoms with Gasteiger partial charge in [0.1, 0.15) is 10.0 Å². The SMILES string of the molecule is O=C(Nc1nc(-c2ccccc2Cl)cs1)C1CCN(S(=O)(=O)c2cccnc2Cl)CC1. The van der Waals surface area contributed by atoms with E-state index in [0.717, 1.165) is 5.56 Å². The molecule has 1 N–H and O–H groups in total. The standard InChI is InChI=1S/C20H18Cl2N4O3S2/c21-15-5-2-1-4-14(15)16-12-30-20(24-16)25-19(27)13-7-10-26(11-8-13)31(28,29)17-6-3-9-23-18(17)22/h1-6,9,12-13H,7-8,10-11H2,(H,24,25,27). The molecule has 3 aromatic rings. The van der Waals surface area contributed by atoms with Crippen LogP contribution < -0.4 is 5.32 Å². The van der Waals surface area contributed by atoms with E-state index in [0.29, 0.717) is 28.7 Å². The van der Waals surface area contributed by atoms with Crippen molar-refractivity contribution in [2.24, 2.45) is 5.92 Å². The minimum Gasteiger partial charge on any atom is -0.302 e. The smallest absolute Gasteiger partial charge is 0.246 e. The molecule has 4 rings (SSSR count). The number of sulfonamides is 1. The molecule has 0 radical (unpaired) electrons. The van der Waals surface area contributed by atoms with Crippen molar-refractivity contribution in [1.82, 2.24) is 14.3 Å². The molecule has 0 aliphatic carbocycles. The number of carbonyl (C=O) groups is 1. The molecule has 1 fully saturated rings. The number of aromatic nitrogens is 2. The molecule has 0 saturated carbocycles. The summed E-state index contributed by atoms with van der Waals surface area (Å²) in [6, 6.07) is 10.3. The van der Waals surface area contributed by atoms with E-state index in [1.54, 1.807) is 6.07 Å². The summed E-state index contributed by atoms with van der Waals surface area (Å²) in [5.74, 6) is -0.472. The Morgan fingerprint density at radius 1 is 1.13 bits per heavy atom. The average molecular weight is 497 g/mol. The Hall–Kier alpha value is -2.04. The van der Waals surface area contributed by atoms with E-state index in [-0.39, 0.29) is 35.0 Å². The van der Waals surface area contributed by atoms with Gasteiger partial charge >= 0.3 is 0 Å². The summed E-state index contributed by atoms with van der Waals surface area (Å²) in [6.07, 6.45) is 2.26. The highest BCUT2D eigenvalue weighted by molar-refractivity contribution is 7.89. The van der Waals surface area contributed by atoms with Crippen LogP contribution in [-0.2, 0) is 14.8 Å². The molecule has 31 heavy (non-hydrogen) atoms. The van der Waals surface area contributed by atoms with E-state index >= 15 is 0 Å². The summed E-state index contributed by atoms with van der Waals surface area (Å²) in [7, 11) is -3.75. The first kappa shape index (κ1) is 22.2. The van der Waals surface area contributed by atoms with E-state index in [1.807, 2.05) is 23.6 Å². The Kier molecular flexibility index (Phi) is 6.59. The number of nitrogens with one attached hydrogen (secondary N) is 1. The second kappa shape index (κ2) is 9.22. The number of amides is 1. The maximum Gasteiger partial charge on any atom is 0.246 e. The highest BCUT2D eigenvalue weighted by Crippen LogP contribution is 2.31. The van der Waals surface area contributed by atoms with Crippen LogP contribution in [0.5, 0.6) is 0 Å². The van der Waals surface area contributed by atoms with Crippen LogP contribution >= 0.6 is 34.5 Å². The second-order valence-corrected chi connectivity index (χ2v) is 10.5. The van der Waals surface area contributed by atoms with Gasteiger partial charge in [-0.15, -0.1) is 11.3 Å². The van der Waals surface area contributed by atoms with E-state index in [1.165, 1.54) is 34.0 Å². The van der Waals surface area contributed by atoms with Crippen LogP contribution in [0.4, 0.5) is 5.13 Å². The fraction of sp³-hybridized carbons (Fsp3) is 0.250. The molecule has 0 spiro atoms. The Morgan fingerprint density at radius 2 is 1.87 bits per heavy atom. The average Bonchev–Trinajstić information content (AvgIpc) is 3.22. The van der Waals surface area contributed by atoms with Gasteiger partial charge in [-0.3, -0.25) is 4.79 Å². The number of piperidine rings is 1. The number of carbonyl (C=O) groups excluding carboxylic acids is 1. The lowest BCUT2D eigenvalue weighted by Crippen LogP contribution is -2.41. The van der Waals surface area contributed by atoms with Gasteiger partial charge in [0, 0.05) is 41.2 Å². The predicted octanol–water partition coefficient (Wildman–Crippen LogP) is 4.55. The molecule has 0 bridgehead atoms. The Morgan fingerprint density at radius 3 is 2.58 bits per heavy atom. The minimum atomic E-state index is -3.75. The molecule has 1 aliphatic heterocycles. The Balaban J connectivity index is 1.38. The zero-order chi connectivity index (χ0) is 22.0. The second-order valence-electron chi connectivity index (χ2n) is 6.98. The predicted molar refractivity (Wildman–Crippen MR) is 122 cm³/mol. The van der Waals surface area contributed by atoms with Crippen LogP contribution in [0.1, 0.15) is 12.8 Å². The zero-order valence-corrected chi connectivity index (χ0v) is 19.3. The number of nitrogens with zero attached hydrogens (tertiary/aromatic N) is 3. The normalized spacial score (nSPS) is 15.7. The van der Waals surface area contributed by atoms with Crippen LogP contribution in [0.15, 0.2) is 52.9 Å². The minimum absolute atomic E-state index is 0.0190. The summed E-state index contributed by atoms with van der Waals surface area (Å²) in [6.45, 7) is 0.461. The summed E-state index contributed by atoms with van der Waals surface area (Å²) in [4.78, 5) is 21.0. The summed E-state index contributed by atoms with van der Waals surface area (Å²) >= 11 is 13.5. The Bertz CT molecular complexity index is 1210. The van der Waals surface area contributed by atoms with E-state index < -0.39 is 10.0 Å². The summed E-state index contributed by atoms with van der Waals surface area (Å²) < 4.78 is 27.0. The van der Waals surface area contributed by atoms with E-state index in [2.05, 4.69) is 15.3 Å². The molecule has 2 aromatic heterocycles. The molecular weight excluding hydrogens is 479 g/mol. The van der Waals surface area contributed by atoms with Crippen LogP contribution in [0.3, 0.4) is 0 Å². The highest BCUT2D eigenvalue weighted by atomic mass is 35.5. The molecule has 0 atom stereocenters. The first-order valence-corrected chi connectivity index (χ1v) is 12.6. The highest BCUT2D eigenvalue weighted by Gasteiger charge is 2.33. The van der Waals surface area contributed by atoms with Crippen LogP contribution in [0.2, 0.25) is 10.2 Å². The third kappa shape index (κ3) is 4.75. The molecule has 1 aliphatic rings. The zero-order valence-electron chi connectivity index (χ0n) is 16.2. The first-order valence-electron chi connectivity index (χ1n) is 9.48. The van der Waals surface area contributed by atoms with Gasteiger partial charge < -0.3 is 5.32 Å². The third-order valence-electron chi connectivity index (χ3n) is 5.05. The molecule has 3 heterocycles. The van der Waals surface area contributed by atoms with Crippen molar-refractivity contribution in [3.05, 3.63) is 58.2 Å². The third-order valence-corrected chi connectivity index (χ3v) is 8.48. The number of thiazole rings is 1. The van der Waals surface area contributed by atoms with Gasteiger partial charge in [-0.05, 0) is 31.0 Å². The van der Waals surface area contributed by atoms with Crippen molar-refractivity contribution >= 4 is 55.6 Å². The van der Waals surface area contributed by atoms with Crippen LogP contribution in [0.25, 0.3) is 11.3 Å². The number of anilines is 1. The first-order chi connectivity index (χ1) is 14.9. The number of halogens is 2. The number of hydrogen-bond donors (Lipinski definition) is 1. The molecule has 162 valence electrons. The summed E-state index contributed by atoms with van der Waals surface area (Å²) in [5.41, 5.74) is 1.49. The van der Waals surface area contributed by atoms with Crippen LogP contribution in [0, 0.1) is 5.92 Å². The molecular formula is C20H18Cl2N4O3S2. The van der Waals surface area contributed by atoms with Gasteiger partial charge in [-0.1, -0.05) is 41.4 Å². The Labute approximate surface area is 194 Å². The number of pyridine rings is 1. The lowest BCUT2D eigenvalue weighted by molar-refractivity contribution is -0.120. The van der Waals surface area contributed by atoms with Crippen molar-refractivity contribution in [3.8, 4) is 11.3 Å². The maximum atomic E-state index is 12.8. The van der Waals surface area contributed by atoms with Gasteiger partial charge in [0.2, 0.25) is 15.9 Å². The van der Waals surface area contributed by atoms with Crippen molar-refractivity contribution in [2.45, 2.75) is 17.7 Å². The van der Waals surface area contributed by atoms with Crippen molar-refractivity contribution in [3.63, 3.8) is 0 Å². The number of hydrogen-bond acceptors (Lipinski definition) is 6. The van der Waals surface area contributed by atoms with Crippen molar-refractivity contribution < 1.29 is 13.2 Å². The molecule has 7 nitrogen and oxygen atoms in total. The van der Waals surface area contributed by atoms with E-state index in [4.69, 9.17) is 23.2 Å². The fourth-order valence-electron chi connectivity index (χ4n) is 3.39. The molecule has 1 saturated heterocycles. The topological polar surface area (TPSA) is 92.3 Å². The molecule has 11 heteroatoms. The van der Waals surface area contributed by atoms with Gasteiger partial charge in [-0.2, -0.15) is 4.31 Å². The summed E-state index contributed by atoms with van der Waals surface area (Å²) in [5, 5.41) is 5.70. The maximum absolute atomic E-state index is 12.8. The monoisotopic (exact) mass is 496 g/mol. The quantitative estimate of drug-likeness (QED) is 0.522. The fourth-order valence-corrected chi connectivity index (χ4v) is 6.24. The number of benzene rings is 1. The van der Waals surface area contributed by atoms with Crippen molar-refractivity contribution in [2.75, 3.05) is 18.4 Å². The lowest BCUT2D eigenvalue weighted by atomic mass is 9.97. The van der Waals surface area contributed by atoms with Crippen LogP contribution in [-0.4, -0.2) is 41.7 Å². The molecule has 1 aromatic carbocycles. The molecule has 0 unspecified atom stereocenters. The van der Waals surface area contributed by atoms with Gasteiger partial charge in [0.05, 0.1) is 5.69 Å². The van der Waals surface area contributed by atoms with Gasteiger partial charge in [-0.25, -0.2) is 18.4 Å². The number of rotatable bonds is 5.